The molecule has 0 saturated heterocycles. The fraction of sp³-hybridized carbons (Fsp3) is 0.857. The summed E-state index contributed by atoms with van der Waals surface area (Å²) in [5, 5.41) is 11.8. The Hall–Kier alpha value is -1.30. The van der Waals surface area contributed by atoms with Crippen molar-refractivity contribution in [2.24, 2.45) is 0 Å². The van der Waals surface area contributed by atoms with Crippen LogP contribution >= 0.6 is 0 Å². The number of hydrogen-bond acceptors (Lipinski definition) is 3. The minimum Gasteiger partial charge on any atom is -0.480 e. The van der Waals surface area contributed by atoms with E-state index >= 15 is 0 Å². The second-order valence-corrected chi connectivity index (χ2v) is 5.91. The van der Waals surface area contributed by atoms with Crippen molar-refractivity contribution in [3.8, 4) is 0 Å². The fourth-order valence-electron chi connectivity index (χ4n) is 2.50. The molecular weight excluding hydrogens is 258 g/mol. The second kappa shape index (κ2) is 6.92. The van der Waals surface area contributed by atoms with Crippen molar-refractivity contribution in [1.29, 1.82) is 0 Å². The second-order valence-electron chi connectivity index (χ2n) is 5.91. The molecule has 0 aromatic carbocycles. The van der Waals surface area contributed by atoms with Crippen LogP contribution in [0, 0.1) is 0 Å². The number of hydrogen-bond donors (Lipinski definition) is 2. The van der Waals surface area contributed by atoms with Crippen molar-refractivity contribution < 1.29 is 14.7 Å². The minimum atomic E-state index is -0.980. The Bertz CT molecular complexity index is 354. The molecule has 1 aliphatic rings. The Labute approximate surface area is 121 Å². The zero-order valence-electron chi connectivity index (χ0n) is 13.0. The zero-order chi connectivity index (χ0) is 15.3. The van der Waals surface area contributed by atoms with Gasteiger partial charge in [0, 0.05) is 18.1 Å². The average molecular weight is 285 g/mol. The molecule has 1 unspecified atom stereocenters. The van der Waals surface area contributed by atoms with Gasteiger partial charge in [0.15, 0.2) is 0 Å². The van der Waals surface area contributed by atoms with E-state index in [0.717, 1.165) is 19.3 Å². The molecule has 1 aliphatic carbocycles. The highest BCUT2D eigenvalue weighted by Gasteiger charge is 2.39. The van der Waals surface area contributed by atoms with Gasteiger partial charge in [-0.1, -0.05) is 6.92 Å². The third kappa shape index (κ3) is 3.85. The Morgan fingerprint density at radius 1 is 1.35 bits per heavy atom. The zero-order valence-corrected chi connectivity index (χ0v) is 13.0. The molecule has 0 aromatic heterocycles. The molecule has 0 aromatic rings. The normalized spacial score (nSPS) is 18.2. The number of rotatable bonds is 7. The van der Waals surface area contributed by atoms with Crippen molar-refractivity contribution in [1.82, 2.24) is 15.1 Å². The first-order valence-corrected chi connectivity index (χ1v) is 7.26. The van der Waals surface area contributed by atoms with Crippen molar-refractivity contribution in [2.75, 3.05) is 27.2 Å². The predicted molar refractivity (Wildman–Crippen MR) is 77.8 cm³/mol. The maximum absolute atomic E-state index is 12.2. The van der Waals surface area contributed by atoms with Gasteiger partial charge in [0.2, 0.25) is 0 Å². The van der Waals surface area contributed by atoms with Crippen LogP contribution in [0.25, 0.3) is 0 Å². The van der Waals surface area contributed by atoms with Gasteiger partial charge in [-0.2, -0.15) is 0 Å². The van der Waals surface area contributed by atoms with Crippen LogP contribution in [0.5, 0.6) is 0 Å². The lowest BCUT2D eigenvalue weighted by Crippen LogP contribution is -2.59. The van der Waals surface area contributed by atoms with E-state index in [2.05, 4.69) is 10.2 Å². The first-order chi connectivity index (χ1) is 9.32. The van der Waals surface area contributed by atoms with Gasteiger partial charge in [0.1, 0.15) is 6.54 Å². The molecule has 2 amide bonds. The number of likely N-dealkylation sites (N-methyl/N-ethyl adjacent to an activating group) is 1. The van der Waals surface area contributed by atoms with E-state index in [1.165, 1.54) is 11.3 Å². The molecule has 0 bridgehead atoms. The van der Waals surface area contributed by atoms with Crippen molar-refractivity contribution in [2.45, 2.75) is 51.1 Å². The molecule has 0 heterocycles. The maximum Gasteiger partial charge on any atom is 0.323 e. The Kier molecular flexibility index (Phi) is 5.80. The summed E-state index contributed by atoms with van der Waals surface area (Å²) >= 11 is 0. The van der Waals surface area contributed by atoms with Crippen molar-refractivity contribution in [3.05, 3.63) is 0 Å². The summed E-state index contributed by atoms with van der Waals surface area (Å²) in [7, 11) is 4.05. The van der Waals surface area contributed by atoms with E-state index in [0.29, 0.717) is 6.54 Å². The third-order valence-corrected chi connectivity index (χ3v) is 4.49. The van der Waals surface area contributed by atoms with E-state index in [1.54, 1.807) is 0 Å². The number of carbonyl (C=O) groups excluding carboxylic acids is 1. The smallest absolute Gasteiger partial charge is 0.323 e. The summed E-state index contributed by atoms with van der Waals surface area (Å²) in [4.78, 5) is 26.7. The fourth-order valence-corrected chi connectivity index (χ4v) is 2.50. The van der Waals surface area contributed by atoms with Crippen LogP contribution < -0.4 is 5.32 Å². The van der Waals surface area contributed by atoms with Gasteiger partial charge in [0.25, 0.3) is 0 Å². The van der Waals surface area contributed by atoms with Gasteiger partial charge >= 0.3 is 12.0 Å². The number of nitrogens with zero attached hydrogens (tertiary/aromatic N) is 2. The number of nitrogens with one attached hydrogen (secondary N) is 1. The largest absolute Gasteiger partial charge is 0.480 e. The van der Waals surface area contributed by atoms with E-state index in [1.807, 2.05) is 27.9 Å². The minimum absolute atomic E-state index is 0.0417. The topological polar surface area (TPSA) is 72.9 Å². The van der Waals surface area contributed by atoms with Crippen molar-refractivity contribution in [3.63, 3.8) is 0 Å². The summed E-state index contributed by atoms with van der Waals surface area (Å²) in [5.41, 5.74) is 0.0417. The van der Waals surface area contributed by atoms with Crippen LogP contribution in [-0.4, -0.2) is 65.7 Å². The van der Waals surface area contributed by atoms with E-state index < -0.39 is 5.97 Å². The van der Waals surface area contributed by atoms with E-state index in [4.69, 9.17) is 5.11 Å². The summed E-state index contributed by atoms with van der Waals surface area (Å²) < 4.78 is 0. The molecule has 1 atom stereocenters. The number of carboxylic acid groups (broad SMARTS) is 1. The van der Waals surface area contributed by atoms with Gasteiger partial charge in [-0.15, -0.1) is 0 Å². The molecular formula is C14H27N3O3. The molecule has 6 heteroatoms. The molecule has 0 spiro atoms. The summed E-state index contributed by atoms with van der Waals surface area (Å²) in [6.07, 6.45) is 4.06. The summed E-state index contributed by atoms with van der Waals surface area (Å²) in [5.74, 6) is -0.980. The summed E-state index contributed by atoms with van der Waals surface area (Å²) in [6, 6.07) is -0.363. The first kappa shape index (κ1) is 16.8. The molecule has 1 rings (SSSR count). The van der Waals surface area contributed by atoms with Crippen LogP contribution in [0.3, 0.4) is 0 Å². The SMILES string of the molecule is CCC(C)N(CC(=O)O)C(=O)NCC1(N(C)C)CCC1. The molecule has 0 radical (unpaired) electrons. The van der Waals surface area contributed by atoms with Crippen LogP contribution in [0.1, 0.15) is 39.5 Å². The van der Waals surface area contributed by atoms with Gasteiger partial charge < -0.3 is 20.2 Å². The Morgan fingerprint density at radius 2 is 1.95 bits per heavy atom. The van der Waals surface area contributed by atoms with Crippen LogP contribution in [0.15, 0.2) is 0 Å². The lowest BCUT2D eigenvalue weighted by Gasteiger charge is -2.47. The number of aliphatic carboxylic acids is 1. The standard InChI is InChI=1S/C14H27N3O3/c1-5-11(2)17(9-12(18)19)13(20)15-10-14(16(3)4)7-6-8-14/h11H,5-10H2,1-4H3,(H,15,20)(H,18,19). The molecule has 0 aliphatic heterocycles. The highest BCUT2D eigenvalue weighted by Crippen LogP contribution is 2.35. The van der Waals surface area contributed by atoms with Crippen LogP contribution in [0.4, 0.5) is 4.79 Å². The maximum atomic E-state index is 12.2. The lowest BCUT2D eigenvalue weighted by molar-refractivity contribution is -0.138. The molecule has 1 saturated carbocycles. The monoisotopic (exact) mass is 285 g/mol. The van der Waals surface area contributed by atoms with Gasteiger partial charge in [0.05, 0.1) is 0 Å². The average Bonchev–Trinajstić information content (AvgIpc) is 2.32. The highest BCUT2D eigenvalue weighted by atomic mass is 16.4. The molecule has 20 heavy (non-hydrogen) atoms. The molecule has 2 N–H and O–H groups in total. The lowest BCUT2D eigenvalue weighted by atomic mass is 9.75. The highest BCUT2D eigenvalue weighted by molar-refractivity contribution is 5.80. The molecule has 116 valence electrons. The Morgan fingerprint density at radius 3 is 2.30 bits per heavy atom. The number of urea groups is 1. The van der Waals surface area contributed by atoms with Gasteiger partial charge in [-0.25, -0.2) is 4.79 Å². The molecule has 1 fully saturated rings. The summed E-state index contributed by atoms with van der Waals surface area (Å²) in [6.45, 7) is 4.13. The van der Waals surface area contributed by atoms with Gasteiger partial charge in [-0.05, 0) is 46.7 Å². The van der Waals surface area contributed by atoms with Crippen LogP contribution in [0.2, 0.25) is 0 Å². The Balaban J connectivity index is 2.59. The van der Waals surface area contributed by atoms with Crippen LogP contribution in [-0.2, 0) is 4.79 Å². The number of carboxylic acids is 1. The van der Waals surface area contributed by atoms with E-state index in [9.17, 15) is 9.59 Å². The quantitative estimate of drug-likeness (QED) is 0.741. The number of carbonyl (C=O) groups is 2. The first-order valence-electron chi connectivity index (χ1n) is 7.26. The van der Waals surface area contributed by atoms with Crippen molar-refractivity contribution >= 4 is 12.0 Å². The van der Waals surface area contributed by atoms with E-state index in [-0.39, 0.29) is 24.2 Å². The van der Waals surface area contributed by atoms with Gasteiger partial charge in [-0.3, -0.25) is 4.79 Å². The third-order valence-electron chi connectivity index (χ3n) is 4.49. The number of amides is 2. The predicted octanol–water partition coefficient (Wildman–Crippen LogP) is 1.37. The molecule has 6 nitrogen and oxygen atoms in total.